The van der Waals surface area contributed by atoms with Crippen molar-refractivity contribution < 1.29 is 14.3 Å². The van der Waals surface area contributed by atoms with Gasteiger partial charge < -0.3 is 14.4 Å². The molecule has 5 nitrogen and oxygen atoms in total. The Morgan fingerprint density at radius 3 is 2.76 bits per heavy atom. The Balaban J connectivity index is 1.26. The third-order valence-corrected chi connectivity index (χ3v) is 6.50. The van der Waals surface area contributed by atoms with E-state index in [4.69, 9.17) is 14.5 Å². The van der Waals surface area contributed by atoms with Crippen molar-refractivity contribution in [3.63, 3.8) is 0 Å². The number of likely N-dealkylation sites (tertiary alicyclic amines) is 1. The van der Waals surface area contributed by atoms with E-state index in [1.807, 2.05) is 35.2 Å². The topological polar surface area (TPSA) is 51.7 Å². The SMILES string of the molecule is COc1ccc(OCCCC(=O)N2CCC[C@H](c3nc4ccccc4s3)C2)cc1. The summed E-state index contributed by atoms with van der Waals surface area (Å²) < 4.78 is 12.1. The predicted octanol–water partition coefficient (Wildman–Crippen LogP) is 4.87. The lowest BCUT2D eigenvalue weighted by Crippen LogP contribution is -2.39. The number of hydrogen-bond acceptors (Lipinski definition) is 5. The Bertz CT molecular complexity index is 921. The number of amides is 1. The standard InChI is InChI=1S/C23H26N2O3S/c1-27-18-10-12-19(13-11-18)28-15-5-9-22(26)25-14-4-6-17(16-25)23-24-20-7-2-3-8-21(20)29-23/h2-3,7-8,10-13,17H,4-6,9,14-16H2,1H3/t17-/m0/s1. The summed E-state index contributed by atoms with van der Waals surface area (Å²) in [5.74, 6) is 2.17. The van der Waals surface area contributed by atoms with Gasteiger partial charge in [0.1, 0.15) is 11.5 Å². The van der Waals surface area contributed by atoms with E-state index in [2.05, 4.69) is 18.2 Å². The number of nitrogens with zero attached hydrogens (tertiary/aromatic N) is 2. The summed E-state index contributed by atoms with van der Waals surface area (Å²) >= 11 is 1.76. The highest BCUT2D eigenvalue weighted by atomic mass is 32.1. The maximum Gasteiger partial charge on any atom is 0.222 e. The molecule has 0 saturated carbocycles. The first-order chi connectivity index (χ1) is 14.2. The van der Waals surface area contributed by atoms with Gasteiger partial charge in [-0.1, -0.05) is 12.1 Å². The number of benzene rings is 2. The molecular weight excluding hydrogens is 384 g/mol. The van der Waals surface area contributed by atoms with E-state index in [0.29, 0.717) is 25.4 Å². The van der Waals surface area contributed by atoms with Gasteiger partial charge in [-0.15, -0.1) is 11.3 Å². The molecule has 1 aliphatic heterocycles. The van der Waals surface area contributed by atoms with Crippen LogP contribution in [0.4, 0.5) is 0 Å². The summed E-state index contributed by atoms with van der Waals surface area (Å²) in [6, 6.07) is 15.8. The smallest absolute Gasteiger partial charge is 0.222 e. The van der Waals surface area contributed by atoms with Gasteiger partial charge in [0.2, 0.25) is 5.91 Å². The van der Waals surface area contributed by atoms with Crippen molar-refractivity contribution in [2.75, 3.05) is 26.8 Å². The molecule has 0 spiro atoms. The second kappa shape index (κ2) is 9.27. The van der Waals surface area contributed by atoms with Crippen LogP contribution < -0.4 is 9.47 Å². The van der Waals surface area contributed by atoms with Gasteiger partial charge in [0.15, 0.2) is 0 Å². The van der Waals surface area contributed by atoms with Crippen molar-refractivity contribution in [3.05, 3.63) is 53.5 Å². The molecule has 1 atom stereocenters. The molecule has 0 unspecified atom stereocenters. The lowest BCUT2D eigenvalue weighted by molar-refractivity contribution is -0.132. The molecule has 1 saturated heterocycles. The molecule has 4 rings (SSSR count). The number of aromatic nitrogens is 1. The number of rotatable bonds is 7. The lowest BCUT2D eigenvalue weighted by atomic mass is 9.98. The molecule has 0 aliphatic carbocycles. The fourth-order valence-corrected chi connectivity index (χ4v) is 4.81. The molecular formula is C23H26N2O3S. The number of carbonyl (C=O) groups excluding carboxylic acids is 1. The van der Waals surface area contributed by atoms with Crippen LogP contribution >= 0.6 is 11.3 Å². The molecule has 0 bridgehead atoms. The van der Waals surface area contributed by atoms with Crippen molar-refractivity contribution in [1.29, 1.82) is 0 Å². The zero-order valence-electron chi connectivity index (χ0n) is 16.7. The van der Waals surface area contributed by atoms with Crippen LogP contribution in [0.15, 0.2) is 48.5 Å². The Labute approximate surface area is 175 Å². The minimum Gasteiger partial charge on any atom is -0.497 e. The first-order valence-corrected chi connectivity index (χ1v) is 10.9. The summed E-state index contributed by atoms with van der Waals surface area (Å²) in [7, 11) is 1.64. The first-order valence-electron chi connectivity index (χ1n) is 10.1. The maximum atomic E-state index is 12.7. The molecule has 0 radical (unpaired) electrons. The number of thiazole rings is 1. The normalized spacial score (nSPS) is 16.7. The Morgan fingerprint density at radius 2 is 1.97 bits per heavy atom. The van der Waals surface area contributed by atoms with Crippen LogP contribution in [0.2, 0.25) is 0 Å². The zero-order valence-corrected chi connectivity index (χ0v) is 17.5. The van der Waals surface area contributed by atoms with Crippen molar-refractivity contribution in [1.82, 2.24) is 9.88 Å². The number of hydrogen-bond donors (Lipinski definition) is 0. The second-order valence-corrected chi connectivity index (χ2v) is 8.39. The third-order valence-electron chi connectivity index (χ3n) is 5.30. The number of methoxy groups -OCH3 is 1. The molecule has 2 aromatic carbocycles. The number of fused-ring (bicyclic) bond motifs is 1. The second-order valence-electron chi connectivity index (χ2n) is 7.33. The highest BCUT2D eigenvalue weighted by Crippen LogP contribution is 2.33. The third kappa shape index (κ3) is 4.88. The average Bonchev–Trinajstić information content (AvgIpc) is 3.21. The lowest BCUT2D eigenvalue weighted by Gasteiger charge is -2.32. The Kier molecular flexibility index (Phi) is 6.30. The number of para-hydroxylation sites is 1. The van der Waals surface area contributed by atoms with E-state index < -0.39 is 0 Å². The van der Waals surface area contributed by atoms with E-state index >= 15 is 0 Å². The molecule has 0 N–H and O–H groups in total. The van der Waals surface area contributed by atoms with Gasteiger partial charge in [0.05, 0.1) is 28.9 Å². The first kappa shape index (κ1) is 19.7. The molecule has 2 heterocycles. The van der Waals surface area contributed by atoms with Crippen molar-refractivity contribution in [2.45, 2.75) is 31.6 Å². The Morgan fingerprint density at radius 1 is 1.17 bits per heavy atom. The molecule has 29 heavy (non-hydrogen) atoms. The van der Waals surface area contributed by atoms with Crippen LogP contribution in [0.1, 0.15) is 36.6 Å². The Hall–Kier alpha value is -2.60. The molecule has 1 aliphatic rings. The summed E-state index contributed by atoms with van der Waals surface area (Å²) in [6.07, 6.45) is 3.37. The van der Waals surface area contributed by atoms with Gasteiger partial charge in [-0.05, 0) is 55.7 Å². The quantitative estimate of drug-likeness (QED) is 0.522. The van der Waals surface area contributed by atoms with Crippen LogP contribution in [-0.2, 0) is 4.79 Å². The molecule has 1 fully saturated rings. The van der Waals surface area contributed by atoms with Crippen molar-refractivity contribution in [3.8, 4) is 11.5 Å². The van der Waals surface area contributed by atoms with E-state index in [9.17, 15) is 4.79 Å². The van der Waals surface area contributed by atoms with Gasteiger partial charge in [0.25, 0.3) is 0 Å². The number of carbonyl (C=O) groups is 1. The van der Waals surface area contributed by atoms with Crippen LogP contribution in [-0.4, -0.2) is 42.6 Å². The predicted molar refractivity (Wildman–Crippen MR) is 116 cm³/mol. The van der Waals surface area contributed by atoms with Gasteiger partial charge in [-0.2, -0.15) is 0 Å². The summed E-state index contributed by atoms with van der Waals surface area (Å²) in [5, 5.41) is 1.16. The fourth-order valence-electron chi connectivity index (χ4n) is 3.71. The minimum absolute atomic E-state index is 0.217. The zero-order chi connectivity index (χ0) is 20.1. The van der Waals surface area contributed by atoms with E-state index in [1.54, 1.807) is 18.4 Å². The highest BCUT2D eigenvalue weighted by Gasteiger charge is 2.26. The number of ether oxygens (including phenoxy) is 2. The molecule has 6 heteroatoms. The molecule has 1 amide bonds. The maximum absolute atomic E-state index is 12.7. The van der Waals surface area contributed by atoms with Gasteiger partial charge >= 0.3 is 0 Å². The van der Waals surface area contributed by atoms with Crippen molar-refractivity contribution >= 4 is 27.5 Å². The largest absolute Gasteiger partial charge is 0.497 e. The molecule has 152 valence electrons. The number of piperidine rings is 1. The molecule has 3 aromatic rings. The summed E-state index contributed by atoms with van der Waals surface area (Å²) in [6.45, 7) is 2.16. The van der Waals surface area contributed by atoms with Gasteiger partial charge in [0, 0.05) is 25.4 Å². The van der Waals surface area contributed by atoms with Crippen LogP contribution in [0.25, 0.3) is 10.2 Å². The van der Waals surface area contributed by atoms with Gasteiger partial charge in [-0.3, -0.25) is 4.79 Å². The van der Waals surface area contributed by atoms with E-state index in [0.717, 1.165) is 48.0 Å². The van der Waals surface area contributed by atoms with Crippen LogP contribution in [0, 0.1) is 0 Å². The van der Waals surface area contributed by atoms with Crippen LogP contribution in [0.5, 0.6) is 11.5 Å². The summed E-state index contributed by atoms with van der Waals surface area (Å²) in [5.41, 5.74) is 1.06. The fraction of sp³-hybridized carbons (Fsp3) is 0.391. The monoisotopic (exact) mass is 410 g/mol. The minimum atomic E-state index is 0.217. The molecule has 1 aromatic heterocycles. The van der Waals surface area contributed by atoms with Crippen LogP contribution in [0.3, 0.4) is 0 Å². The summed E-state index contributed by atoms with van der Waals surface area (Å²) in [4.78, 5) is 19.5. The van der Waals surface area contributed by atoms with Gasteiger partial charge in [-0.25, -0.2) is 4.98 Å². The van der Waals surface area contributed by atoms with E-state index in [1.165, 1.54) is 4.70 Å². The van der Waals surface area contributed by atoms with E-state index in [-0.39, 0.29) is 5.91 Å². The van der Waals surface area contributed by atoms with Crippen molar-refractivity contribution in [2.24, 2.45) is 0 Å². The average molecular weight is 411 g/mol. The highest BCUT2D eigenvalue weighted by molar-refractivity contribution is 7.18.